The first-order valence-corrected chi connectivity index (χ1v) is 17.5. The van der Waals surface area contributed by atoms with Crippen molar-refractivity contribution in [1.29, 1.82) is 0 Å². The largest absolute Gasteiger partial charge is 0.309 e. The van der Waals surface area contributed by atoms with Crippen molar-refractivity contribution in [3.8, 4) is 28.2 Å². The summed E-state index contributed by atoms with van der Waals surface area (Å²) in [6.45, 7) is 0. The van der Waals surface area contributed by atoms with Crippen LogP contribution in [0.4, 0.5) is 0 Å². The Morgan fingerprint density at radius 3 is 2.06 bits per heavy atom. The first-order chi connectivity index (χ1) is 24.3. The molecule has 7 aromatic carbocycles. The van der Waals surface area contributed by atoms with Crippen LogP contribution >= 0.6 is 11.3 Å². The zero-order valence-corrected chi connectivity index (χ0v) is 27.2. The second-order valence-corrected chi connectivity index (χ2v) is 13.9. The Balaban J connectivity index is 1.21. The molecule has 0 spiro atoms. The van der Waals surface area contributed by atoms with Crippen molar-refractivity contribution < 1.29 is 0 Å². The molecule has 1 aliphatic rings. The number of nitrogens with zero attached hydrogens (tertiary/aromatic N) is 3. The molecule has 0 bridgehead atoms. The van der Waals surface area contributed by atoms with E-state index in [9.17, 15) is 0 Å². The molecule has 1 aliphatic carbocycles. The number of para-hydroxylation sites is 3. The van der Waals surface area contributed by atoms with Crippen LogP contribution < -0.4 is 0 Å². The summed E-state index contributed by atoms with van der Waals surface area (Å²) in [5, 5.41) is 6.33. The molecular formula is C45H27N3S. The molecule has 3 heterocycles. The van der Waals surface area contributed by atoms with Crippen molar-refractivity contribution in [3.63, 3.8) is 0 Å². The number of hydrogen-bond acceptors (Lipinski definition) is 3. The van der Waals surface area contributed by atoms with Gasteiger partial charge in [0.25, 0.3) is 0 Å². The van der Waals surface area contributed by atoms with Crippen LogP contribution in [0.15, 0.2) is 158 Å². The molecule has 0 saturated heterocycles. The van der Waals surface area contributed by atoms with Crippen molar-refractivity contribution in [2.24, 2.45) is 0 Å². The average molecular weight is 642 g/mol. The maximum atomic E-state index is 5.37. The van der Waals surface area contributed by atoms with E-state index >= 15 is 0 Å². The van der Waals surface area contributed by atoms with E-state index in [1.165, 1.54) is 69.9 Å². The summed E-state index contributed by atoms with van der Waals surface area (Å²) in [5.41, 5.74) is 12.0. The smallest absolute Gasteiger partial charge is 0.160 e. The van der Waals surface area contributed by atoms with Crippen LogP contribution in [0.2, 0.25) is 0 Å². The highest BCUT2D eigenvalue weighted by atomic mass is 32.1. The molecule has 10 aromatic rings. The molecule has 0 unspecified atom stereocenters. The summed E-state index contributed by atoms with van der Waals surface area (Å²) in [4.78, 5) is 10.4. The number of thiophene rings is 1. The van der Waals surface area contributed by atoms with Gasteiger partial charge in [-0.25, -0.2) is 9.97 Å². The Labute approximate surface area is 286 Å². The van der Waals surface area contributed by atoms with Crippen LogP contribution in [0.5, 0.6) is 0 Å². The maximum absolute atomic E-state index is 5.37. The van der Waals surface area contributed by atoms with Gasteiger partial charge in [0.05, 0.1) is 28.2 Å². The minimum Gasteiger partial charge on any atom is -0.309 e. The summed E-state index contributed by atoms with van der Waals surface area (Å²) in [6.07, 6.45) is 0. The number of rotatable bonds is 3. The molecule has 3 nitrogen and oxygen atoms in total. The lowest BCUT2D eigenvalue weighted by molar-refractivity contribution is 0.953. The normalized spacial score (nSPS) is 13.9. The van der Waals surface area contributed by atoms with Crippen LogP contribution in [-0.4, -0.2) is 14.5 Å². The van der Waals surface area contributed by atoms with Gasteiger partial charge < -0.3 is 4.57 Å². The Morgan fingerprint density at radius 1 is 0.490 bits per heavy atom. The van der Waals surface area contributed by atoms with E-state index < -0.39 is 0 Å². The van der Waals surface area contributed by atoms with Crippen LogP contribution in [-0.2, 0) is 0 Å². The molecule has 1 atom stereocenters. The van der Waals surface area contributed by atoms with Gasteiger partial charge in [-0.3, -0.25) is 0 Å². The van der Waals surface area contributed by atoms with E-state index in [0.717, 1.165) is 28.0 Å². The van der Waals surface area contributed by atoms with Crippen molar-refractivity contribution in [2.45, 2.75) is 5.92 Å². The predicted molar refractivity (Wildman–Crippen MR) is 205 cm³/mol. The molecule has 0 fully saturated rings. The summed E-state index contributed by atoms with van der Waals surface area (Å²) in [5.74, 6) is 0.761. The fourth-order valence-corrected chi connectivity index (χ4v) is 9.64. The van der Waals surface area contributed by atoms with Gasteiger partial charge in [-0.15, -0.1) is 11.3 Å². The van der Waals surface area contributed by atoms with Gasteiger partial charge in [0, 0.05) is 53.1 Å². The van der Waals surface area contributed by atoms with E-state index in [2.05, 4.69) is 156 Å². The Bertz CT molecular complexity index is 2940. The van der Waals surface area contributed by atoms with Crippen molar-refractivity contribution in [3.05, 3.63) is 175 Å². The lowest BCUT2D eigenvalue weighted by atomic mass is 9.90. The van der Waals surface area contributed by atoms with E-state index in [-0.39, 0.29) is 5.92 Å². The van der Waals surface area contributed by atoms with E-state index in [4.69, 9.17) is 9.97 Å². The third kappa shape index (κ3) is 3.78. The highest BCUT2D eigenvalue weighted by Crippen LogP contribution is 2.55. The lowest BCUT2D eigenvalue weighted by Crippen LogP contribution is -2.06. The lowest BCUT2D eigenvalue weighted by Gasteiger charge is -2.17. The first kappa shape index (κ1) is 26.9. The molecule has 0 saturated carbocycles. The Hall–Kier alpha value is -6.10. The highest BCUT2D eigenvalue weighted by molar-refractivity contribution is 7.27. The molecular weight excluding hydrogens is 615 g/mol. The van der Waals surface area contributed by atoms with Crippen LogP contribution in [0, 0.1) is 0 Å². The summed E-state index contributed by atoms with van der Waals surface area (Å²) in [6, 6.07) is 56.7. The van der Waals surface area contributed by atoms with Crippen LogP contribution in [0.3, 0.4) is 0 Å². The molecule has 0 N–H and O–H groups in total. The molecule has 0 amide bonds. The van der Waals surface area contributed by atoms with Gasteiger partial charge >= 0.3 is 0 Å². The zero-order chi connectivity index (χ0) is 32.1. The van der Waals surface area contributed by atoms with Gasteiger partial charge in [0.1, 0.15) is 0 Å². The van der Waals surface area contributed by atoms with Crippen molar-refractivity contribution >= 4 is 64.2 Å². The predicted octanol–water partition coefficient (Wildman–Crippen LogP) is 11.9. The molecule has 228 valence electrons. The number of hydrogen-bond donors (Lipinski definition) is 0. The summed E-state index contributed by atoms with van der Waals surface area (Å²) in [7, 11) is 0. The highest BCUT2D eigenvalue weighted by Gasteiger charge is 2.34. The molecule has 49 heavy (non-hydrogen) atoms. The monoisotopic (exact) mass is 641 g/mol. The number of fused-ring (bicyclic) bond motifs is 12. The van der Waals surface area contributed by atoms with Gasteiger partial charge in [-0.1, -0.05) is 127 Å². The van der Waals surface area contributed by atoms with Crippen molar-refractivity contribution in [1.82, 2.24) is 14.5 Å². The molecule has 11 rings (SSSR count). The average Bonchev–Trinajstić information content (AvgIpc) is 3.82. The second-order valence-electron chi connectivity index (χ2n) is 12.9. The first-order valence-electron chi connectivity index (χ1n) is 16.7. The van der Waals surface area contributed by atoms with Crippen LogP contribution in [0.1, 0.15) is 22.7 Å². The number of benzene rings is 7. The third-order valence-electron chi connectivity index (χ3n) is 10.3. The van der Waals surface area contributed by atoms with E-state index in [1.54, 1.807) is 0 Å². The molecule has 4 heteroatoms. The van der Waals surface area contributed by atoms with Gasteiger partial charge in [-0.2, -0.15) is 0 Å². The minimum absolute atomic E-state index is 0.00353. The van der Waals surface area contributed by atoms with E-state index in [0.29, 0.717) is 0 Å². The number of aromatic nitrogens is 3. The van der Waals surface area contributed by atoms with E-state index in [1.807, 2.05) is 17.4 Å². The molecule has 3 aromatic heterocycles. The van der Waals surface area contributed by atoms with Crippen LogP contribution in [0.25, 0.3) is 81.1 Å². The summed E-state index contributed by atoms with van der Waals surface area (Å²) >= 11 is 1.94. The quantitative estimate of drug-likeness (QED) is 0.192. The van der Waals surface area contributed by atoms with Gasteiger partial charge in [0.15, 0.2) is 5.82 Å². The Kier molecular flexibility index (Phi) is 5.60. The fraction of sp³-hybridized carbons (Fsp3) is 0.0222. The topological polar surface area (TPSA) is 30.7 Å². The molecule has 0 aliphatic heterocycles. The van der Waals surface area contributed by atoms with Gasteiger partial charge in [-0.05, 0) is 47.0 Å². The second kappa shape index (κ2) is 10.2. The standard InChI is InChI=1S/C45H27N3S/c1-3-13-27(14-4-1)45-46-36-21-11-9-19-33(36)42(47-45)39-29-17-7-8-18-30(29)40-35(39)24-23-31-32-25-26-38-41(44(32)49-43(31)40)34-20-10-12-22-37(34)48(38)28-15-5-2-6-16-28/h1-26,39H/t39-/m0/s1. The summed E-state index contributed by atoms with van der Waals surface area (Å²) < 4.78 is 5.09. The van der Waals surface area contributed by atoms with Crippen molar-refractivity contribution in [2.75, 3.05) is 0 Å². The third-order valence-corrected chi connectivity index (χ3v) is 11.5. The SMILES string of the molecule is c1ccc(-c2nc([C@H]3c4ccccc4-c4c3ccc3c4sc4c3ccc3c4c4ccccc4n3-c3ccccc3)c3ccccc3n2)cc1. The van der Waals surface area contributed by atoms with Gasteiger partial charge in [0.2, 0.25) is 0 Å². The Morgan fingerprint density at radius 2 is 1.18 bits per heavy atom. The minimum atomic E-state index is -0.00353. The zero-order valence-electron chi connectivity index (χ0n) is 26.3. The fourth-order valence-electron chi connectivity index (χ4n) is 8.21. The molecule has 0 radical (unpaired) electrons. The maximum Gasteiger partial charge on any atom is 0.160 e.